The Bertz CT molecular complexity index is 918. The van der Waals surface area contributed by atoms with Gasteiger partial charge in [0.15, 0.2) is 5.69 Å². The Hall–Kier alpha value is -3.49. The highest BCUT2D eigenvalue weighted by Gasteiger charge is 2.26. The van der Waals surface area contributed by atoms with Crippen molar-refractivity contribution in [2.75, 3.05) is 11.9 Å². The number of pyridine rings is 1. The van der Waals surface area contributed by atoms with E-state index in [0.29, 0.717) is 36.7 Å². The summed E-state index contributed by atoms with van der Waals surface area (Å²) in [6.45, 7) is 1.62. The second kappa shape index (κ2) is 6.79. The lowest BCUT2D eigenvalue weighted by molar-refractivity contribution is 0.0738. The predicted molar refractivity (Wildman–Crippen MR) is 92.4 cm³/mol. The average molecular weight is 351 g/mol. The predicted octanol–water partition coefficient (Wildman–Crippen LogP) is 1.30. The highest BCUT2D eigenvalue weighted by atomic mass is 16.2. The van der Waals surface area contributed by atoms with Gasteiger partial charge in [-0.25, -0.2) is 4.98 Å². The molecule has 0 aromatic carbocycles. The first-order chi connectivity index (χ1) is 12.7. The Morgan fingerprint density at radius 3 is 2.88 bits per heavy atom. The SMILES string of the molecule is O=C(Nc1cccnc1)c1ncn2c1CN(C(=O)c1ccn[nH]1)CCC2. The number of aromatic nitrogens is 5. The van der Waals surface area contributed by atoms with Crippen molar-refractivity contribution >= 4 is 17.5 Å². The third kappa shape index (κ3) is 3.06. The summed E-state index contributed by atoms with van der Waals surface area (Å²) in [6, 6.07) is 5.14. The van der Waals surface area contributed by atoms with E-state index in [1.807, 2.05) is 4.57 Å². The fourth-order valence-corrected chi connectivity index (χ4v) is 2.99. The van der Waals surface area contributed by atoms with E-state index in [2.05, 4.69) is 25.5 Å². The van der Waals surface area contributed by atoms with E-state index in [1.54, 1.807) is 48.0 Å². The molecule has 0 saturated heterocycles. The van der Waals surface area contributed by atoms with Crippen molar-refractivity contribution in [3.05, 3.63) is 60.2 Å². The standard InChI is InChI=1S/C17H17N7O2/c25-16(21-12-3-1-5-18-9-12)15-14-10-23(7-2-8-24(14)11-19-15)17(26)13-4-6-20-22-13/h1,3-6,9,11H,2,7-8,10H2,(H,20,22)(H,21,25). The minimum atomic E-state index is -0.317. The molecular weight excluding hydrogens is 334 g/mol. The Kier molecular flexibility index (Phi) is 4.18. The molecule has 9 heteroatoms. The summed E-state index contributed by atoms with van der Waals surface area (Å²) in [7, 11) is 0. The van der Waals surface area contributed by atoms with Crippen LogP contribution < -0.4 is 5.32 Å². The molecule has 4 heterocycles. The van der Waals surface area contributed by atoms with Crippen LogP contribution in [-0.2, 0) is 13.1 Å². The molecule has 0 aliphatic carbocycles. The molecule has 0 fully saturated rings. The van der Waals surface area contributed by atoms with E-state index in [9.17, 15) is 9.59 Å². The number of H-pyrrole nitrogens is 1. The number of anilines is 1. The number of amides is 2. The van der Waals surface area contributed by atoms with Gasteiger partial charge < -0.3 is 14.8 Å². The number of rotatable bonds is 3. The van der Waals surface area contributed by atoms with Gasteiger partial charge >= 0.3 is 0 Å². The summed E-state index contributed by atoms with van der Waals surface area (Å²) in [4.78, 5) is 35.2. The molecule has 2 N–H and O–H groups in total. The molecule has 0 bridgehead atoms. The van der Waals surface area contributed by atoms with Crippen LogP contribution in [-0.4, -0.2) is 48.0 Å². The summed E-state index contributed by atoms with van der Waals surface area (Å²) < 4.78 is 1.93. The van der Waals surface area contributed by atoms with Crippen LogP contribution in [0.5, 0.6) is 0 Å². The van der Waals surface area contributed by atoms with Crippen LogP contribution in [0.15, 0.2) is 43.1 Å². The number of imidazole rings is 1. The number of nitrogens with zero attached hydrogens (tertiary/aromatic N) is 5. The van der Waals surface area contributed by atoms with Crippen LogP contribution in [0, 0.1) is 0 Å². The first-order valence-electron chi connectivity index (χ1n) is 8.26. The monoisotopic (exact) mass is 351 g/mol. The Labute approximate surface area is 149 Å². The molecule has 132 valence electrons. The third-order valence-corrected chi connectivity index (χ3v) is 4.27. The number of aromatic amines is 1. The molecule has 3 aromatic heterocycles. The van der Waals surface area contributed by atoms with Gasteiger partial charge in [-0.1, -0.05) is 0 Å². The third-order valence-electron chi connectivity index (χ3n) is 4.27. The largest absolute Gasteiger partial charge is 0.332 e. The fraction of sp³-hybridized carbons (Fsp3) is 0.235. The van der Waals surface area contributed by atoms with Crippen molar-refractivity contribution in [2.45, 2.75) is 19.5 Å². The quantitative estimate of drug-likeness (QED) is 0.739. The molecule has 4 rings (SSSR count). The first-order valence-corrected chi connectivity index (χ1v) is 8.26. The number of aryl methyl sites for hydroxylation is 1. The molecule has 1 aliphatic heterocycles. The van der Waals surface area contributed by atoms with Crippen molar-refractivity contribution in [3.63, 3.8) is 0 Å². The van der Waals surface area contributed by atoms with E-state index in [1.165, 1.54) is 0 Å². The molecule has 9 nitrogen and oxygen atoms in total. The van der Waals surface area contributed by atoms with Crippen LogP contribution >= 0.6 is 0 Å². The van der Waals surface area contributed by atoms with Crippen LogP contribution in [0.1, 0.15) is 33.1 Å². The fourth-order valence-electron chi connectivity index (χ4n) is 2.99. The summed E-state index contributed by atoms with van der Waals surface area (Å²) in [6.07, 6.45) is 7.19. The molecule has 0 atom stereocenters. The molecular formula is C17H17N7O2. The maximum atomic E-state index is 12.6. The summed E-state index contributed by atoms with van der Waals surface area (Å²) in [5.74, 6) is -0.460. The normalized spacial score (nSPS) is 13.8. The van der Waals surface area contributed by atoms with Gasteiger partial charge in [0, 0.05) is 25.5 Å². The van der Waals surface area contributed by atoms with E-state index in [0.717, 1.165) is 12.1 Å². The van der Waals surface area contributed by atoms with Crippen molar-refractivity contribution in [2.24, 2.45) is 0 Å². The van der Waals surface area contributed by atoms with E-state index in [4.69, 9.17) is 0 Å². The highest BCUT2D eigenvalue weighted by Crippen LogP contribution is 2.19. The van der Waals surface area contributed by atoms with Gasteiger partial charge in [0.2, 0.25) is 0 Å². The van der Waals surface area contributed by atoms with Gasteiger partial charge in [-0.05, 0) is 24.6 Å². The van der Waals surface area contributed by atoms with Crippen LogP contribution in [0.3, 0.4) is 0 Å². The maximum absolute atomic E-state index is 12.6. The Balaban J connectivity index is 1.58. The average Bonchev–Trinajstić information content (AvgIpc) is 3.28. The highest BCUT2D eigenvalue weighted by molar-refractivity contribution is 6.03. The minimum Gasteiger partial charge on any atom is -0.332 e. The maximum Gasteiger partial charge on any atom is 0.276 e. The Morgan fingerprint density at radius 1 is 1.19 bits per heavy atom. The van der Waals surface area contributed by atoms with Gasteiger partial charge in [-0.15, -0.1) is 0 Å². The summed E-state index contributed by atoms with van der Waals surface area (Å²) >= 11 is 0. The number of hydrogen-bond donors (Lipinski definition) is 2. The topological polar surface area (TPSA) is 109 Å². The van der Waals surface area contributed by atoms with Crippen molar-refractivity contribution < 1.29 is 9.59 Å². The molecule has 2 amide bonds. The molecule has 26 heavy (non-hydrogen) atoms. The second-order valence-electron chi connectivity index (χ2n) is 5.98. The summed E-state index contributed by atoms with van der Waals surface area (Å²) in [5, 5.41) is 9.31. The van der Waals surface area contributed by atoms with Crippen LogP contribution in [0.2, 0.25) is 0 Å². The lowest BCUT2D eigenvalue weighted by Gasteiger charge is -2.19. The van der Waals surface area contributed by atoms with E-state index >= 15 is 0 Å². The Morgan fingerprint density at radius 2 is 2.12 bits per heavy atom. The van der Waals surface area contributed by atoms with Gasteiger partial charge in [-0.3, -0.25) is 19.7 Å². The number of fused-ring (bicyclic) bond motifs is 1. The van der Waals surface area contributed by atoms with Crippen molar-refractivity contribution in [1.82, 2.24) is 29.6 Å². The number of nitrogens with one attached hydrogen (secondary N) is 2. The molecule has 0 unspecified atom stereocenters. The lowest BCUT2D eigenvalue weighted by atomic mass is 10.2. The van der Waals surface area contributed by atoms with Gasteiger partial charge in [0.1, 0.15) is 5.69 Å². The molecule has 1 aliphatic rings. The lowest BCUT2D eigenvalue weighted by Crippen LogP contribution is -2.31. The first kappa shape index (κ1) is 16.0. The smallest absolute Gasteiger partial charge is 0.276 e. The second-order valence-corrected chi connectivity index (χ2v) is 5.98. The van der Waals surface area contributed by atoms with Crippen molar-refractivity contribution in [3.8, 4) is 0 Å². The summed E-state index contributed by atoms with van der Waals surface area (Å²) in [5.41, 5.74) is 2.06. The zero-order chi connectivity index (χ0) is 17.9. The zero-order valence-electron chi connectivity index (χ0n) is 13.9. The molecule has 0 saturated carbocycles. The number of hydrogen-bond acceptors (Lipinski definition) is 5. The van der Waals surface area contributed by atoms with E-state index < -0.39 is 0 Å². The minimum absolute atomic E-state index is 0.143. The van der Waals surface area contributed by atoms with Gasteiger partial charge in [0.25, 0.3) is 11.8 Å². The van der Waals surface area contributed by atoms with Crippen molar-refractivity contribution in [1.29, 1.82) is 0 Å². The van der Waals surface area contributed by atoms with Gasteiger partial charge in [-0.2, -0.15) is 5.10 Å². The van der Waals surface area contributed by atoms with Crippen LogP contribution in [0.25, 0.3) is 0 Å². The zero-order valence-corrected chi connectivity index (χ0v) is 13.9. The number of carbonyl (C=O) groups is 2. The number of carbonyl (C=O) groups excluding carboxylic acids is 2. The molecule has 3 aromatic rings. The molecule has 0 radical (unpaired) electrons. The van der Waals surface area contributed by atoms with E-state index in [-0.39, 0.29) is 11.8 Å². The molecule has 0 spiro atoms. The van der Waals surface area contributed by atoms with Gasteiger partial charge in [0.05, 0.1) is 30.5 Å². The van der Waals surface area contributed by atoms with Crippen LogP contribution in [0.4, 0.5) is 5.69 Å².